The van der Waals surface area contributed by atoms with Crippen LogP contribution in [0.15, 0.2) is 0 Å². The maximum atomic E-state index is 10.6. The molecule has 0 saturated carbocycles. The van der Waals surface area contributed by atoms with Gasteiger partial charge in [-0.25, -0.2) is 0 Å². The molecule has 2 rings (SSSR count). The molecule has 80 valence electrons. The molecule has 0 aromatic carbocycles. The molecule has 1 atom stereocenters. The first kappa shape index (κ1) is 9.89. The molecule has 2 saturated heterocycles. The fourth-order valence-corrected chi connectivity index (χ4v) is 1.89. The van der Waals surface area contributed by atoms with E-state index in [0.29, 0.717) is 19.7 Å². The first-order valence-electron chi connectivity index (χ1n) is 4.88. The van der Waals surface area contributed by atoms with Crippen LogP contribution in [0.25, 0.3) is 0 Å². The number of ether oxygens (including phenoxy) is 2. The van der Waals surface area contributed by atoms with Gasteiger partial charge in [0.25, 0.3) is 0 Å². The smallest absolute Gasteiger partial charge is 0.306 e. The molecule has 1 unspecified atom stereocenters. The van der Waals surface area contributed by atoms with Crippen LogP contribution in [0.5, 0.6) is 0 Å². The molecule has 0 aromatic rings. The van der Waals surface area contributed by atoms with Gasteiger partial charge in [-0.05, 0) is 6.42 Å². The number of hydrogen-bond donors (Lipinski definition) is 2. The molecule has 0 spiro atoms. The molecule has 2 aliphatic heterocycles. The minimum Gasteiger partial charge on any atom is -0.481 e. The van der Waals surface area contributed by atoms with E-state index in [1.54, 1.807) is 0 Å². The van der Waals surface area contributed by atoms with Gasteiger partial charge < -0.3 is 19.9 Å². The summed E-state index contributed by atoms with van der Waals surface area (Å²) in [5, 5.41) is 11.8. The van der Waals surface area contributed by atoms with Crippen LogP contribution in [0.3, 0.4) is 0 Å². The lowest BCUT2D eigenvalue weighted by Crippen LogP contribution is -2.63. The number of hydrogen-bond acceptors (Lipinski definition) is 4. The summed E-state index contributed by atoms with van der Waals surface area (Å²) < 4.78 is 11.0. The van der Waals surface area contributed by atoms with E-state index in [1.165, 1.54) is 0 Å². The Labute approximate surface area is 82.4 Å². The molecule has 0 aromatic heterocycles. The average Bonchev–Trinajstić information content (AvgIpc) is 2.51. The first-order valence-corrected chi connectivity index (χ1v) is 4.88. The van der Waals surface area contributed by atoms with Crippen molar-refractivity contribution in [3.8, 4) is 0 Å². The van der Waals surface area contributed by atoms with Crippen molar-refractivity contribution in [3.63, 3.8) is 0 Å². The molecular weight excluding hydrogens is 186 g/mol. The van der Waals surface area contributed by atoms with Crippen LogP contribution >= 0.6 is 0 Å². The van der Waals surface area contributed by atoms with E-state index in [-0.39, 0.29) is 12.5 Å². The van der Waals surface area contributed by atoms with Crippen LogP contribution in [-0.2, 0) is 14.3 Å². The Kier molecular flexibility index (Phi) is 2.71. The minimum absolute atomic E-state index is 0.0799. The van der Waals surface area contributed by atoms with Gasteiger partial charge in [0.05, 0.1) is 19.1 Å². The number of aliphatic carboxylic acids is 1. The zero-order valence-corrected chi connectivity index (χ0v) is 7.99. The molecule has 2 fully saturated rings. The molecule has 14 heavy (non-hydrogen) atoms. The molecule has 0 aliphatic carbocycles. The Bertz CT molecular complexity index is 221. The largest absolute Gasteiger partial charge is 0.481 e. The highest BCUT2D eigenvalue weighted by Crippen LogP contribution is 2.25. The highest BCUT2D eigenvalue weighted by Gasteiger charge is 2.42. The van der Waals surface area contributed by atoms with E-state index in [4.69, 9.17) is 14.6 Å². The van der Waals surface area contributed by atoms with E-state index in [9.17, 15) is 4.79 Å². The summed E-state index contributed by atoms with van der Waals surface area (Å²) in [4.78, 5) is 10.6. The fraction of sp³-hybridized carbons (Fsp3) is 0.889. The van der Waals surface area contributed by atoms with Gasteiger partial charge in [-0.3, -0.25) is 4.79 Å². The Morgan fingerprint density at radius 1 is 1.64 bits per heavy atom. The van der Waals surface area contributed by atoms with Gasteiger partial charge in [0, 0.05) is 19.7 Å². The van der Waals surface area contributed by atoms with Crippen LogP contribution < -0.4 is 5.32 Å². The van der Waals surface area contributed by atoms with Gasteiger partial charge in [-0.15, -0.1) is 0 Å². The summed E-state index contributed by atoms with van der Waals surface area (Å²) in [6.45, 7) is 2.59. The summed E-state index contributed by atoms with van der Waals surface area (Å²) in [7, 11) is 0. The van der Waals surface area contributed by atoms with Crippen LogP contribution in [0, 0.1) is 0 Å². The fourth-order valence-electron chi connectivity index (χ4n) is 1.89. The topological polar surface area (TPSA) is 67.8 Å². The summed E-state index contributed by atoms with van der Waals surface area (Å²) in [5.41, 5.74) is -0.482. The highest BCUT2D eigenvalue weighted by molar-refractivity contribution is 5.68. The second-order valence-electron chi connectivity index (χ2n) is 3.96. The summed E-state index contributed by atoms with van der Waals surface area (Å²) in [5.74, 6) is -0.801. The second kappa shape index (κ2) is 3.84. The monoisotopic (exact) mass is 201 g/mol. The van der Waals surface area contributed by atoms with Crippen molar-refractivity contribution in [2.45, 2.75) is 24.5 Å². The van der Waals surface area contributed by atoms with Crippen molar-refractivity contribution < 1.29 is 19.4 Å². The third-order valence-corrected chi connectivity index (χ3v) is 2.67. The third-order valence-electron chi connectivity index (χ3n) is 2.67. The zero-order chi connectivity index (χ0) is 10.0. The maximum Gasteiger partial charge on any atom is 0.306 e. The lowest BCUT2D eigenvalue weighted by atomic mass is 9.92. The van der Waals surface area contributed by atoms with Gasteiger partial charge in [-0.2, -0.15) is 0 Å². The van der Waals surface area contributed by atoms with Crippen LogP contribution in [-0.4, -0.2) is 49.1 Å². The van der Waals surface area contributed by atoms with Gasteiger partial charge in [0.15, 0.2) is 0 Å². The normalized spacial score (nSPS) is 29.9. The van der Waals surface area contributed by atoms with E-state index >= 15 is 0 Å². The molecule has 0 amide bonds. The molecule has 2 N–H and O–H groups in total. The van der Waals surface area contributed by atoms with Crippen LogP contribution in [0.2, 0.25) is 0 Å². The quantitative estimate of drug-likeness (QED) is 0.648. The predicted molar refractivity (Wildman–Crippen MR) is 48.2 cm³/mol. The predicted octanol–water partition coefficient (Wildman–Crippen LogP) is -0.391. The van der Waals surface area contributed by atoms with Gasteiger partial charge in [0.2, 0.25) is 0 Å². The SMILES string of the molecule is O=C(O)CC1(OC2CCOC2)CNC1. The lowest BCUT2D eigenvalue weighted by molar-refractivity contribution is -0.159. The lowest BCUT2D eigenvalue weighted by Gasteiger charge is -2.42. The Hall–Kier alpha value is -0.650. The standard InChI is InChI=1S/C9H15NO4/c11-8(12)3-9(5-10-6-9)14-7-1-2-13-4-7/h7,10H,1-6H2,(H,11,12). The number of nitrogens with one attached hydrogen (secondary N) is 1. The van der Waals surface area contributed by atoms with Crippen molar-refractivity contribution in [2.24, 2.45) is 0 Å². The number of carboxylic acid groups (broad SMARTS) is 1. The van der Waals surface area contributed by atoms with Crippen molar-refractivity contribution in [2.75, 3.05) is 26.3 Å². The Morgan fingerprint density at radius 2 is 2.43 bits per heavy atom. The number of rotatable bonds is 4. The van der Waals surface area contributed by atoms with Crippen LogP contribution in [0.1, 0.15) is 12.8 Å². The highest BCUT2D eigenvalue weighted by atomic mass is 16.6. The minimum atomic E-state index is -0.801. The van der Waals surface area contributed by atoms with E-state index < -0.39 is 11.6 Å². The molecule has 2 aliphatic rings. The van der Waals surface area contributed by atoms with Gasteiger partial charge in [-0.1, -0.05) is 0 Å². The Morgan fingerprint density at radius 3 is 2.86 bits per heavy atom. The van der Waals surface area contributed by atoms with E-state index in [0.717, 1.165) is 13.0 Å². The van der Waals surface area contributed by atoms with Crippen molar-refractivity contribution in [3.05, 3.63) is 0 Å². The van der Waals surface area contributed by atoms with E-state index in [1.807, 2.05) is 0 Å². The van der Waals surface area contributed by atoms with Crippen molar-refractivity contribution in [1.29, 1.82) is 0 Å². The first-order chi connectivity index (χ1) is 6.70. The summed E-state index contributed by atoms with van der Waals surface area (Å²) in [6, 6.07) is 0. The van der Waals surface area contributed by atoms with Crippen molar-refractivity contribution in [1.82, 2.24) is 5.32 Å². The third kappa shape index (κ3) is 2.05. The molecule has 5 heteroatoms. The Balaban J connectivity index is 1.87. The number of carboxylic acids is 1. The van der Waals surface area contributed by atoms with E-state index in [2.05, 4.69) is 5.32 Å². The number of carbonyl (C=O) groups is 1. The zero-order valence-electron chi connectivity index (χ0n) is 7.99. The molecule has 5 nitrogen and oxygen atoms in total. The summed E-state index contributed by atoms with van der Waals surface area (Å²) in [6.07, 6.45) is 1.04. The average molecular weight is 201 g/mol. The maximum absolute atomic E-state index is 10.6. The molecule has 0 bridgehead atoms. The van der Waals surface area contributed by atoms with Gasteiger partial charge in [0.1, 0.15) is 5.60 Å². The van der Waals surface area contributed by atoms with Crippen molar-refractivity contribution >= 4 is 5.97 Å². The molecule has 0 radical (unpaired) electrons. The molecule has 2 heterocycles. The van der Waals surface area contributed by atoms with Gasteiger partial charge >= 0.3 is 5.97 Å². The summed E-state index contributed by atoms with van der Waals surface area (Å²) >= 11 is 0. The van der Waals surface area contributed by atoms with Crippen LogP contribution in [0.4, 0.5) is 0 Å². The second-order valence-corrected chi connectivity index (χ2v) is 3.96. The molecular formula is C9H15NO4.